The summed E-state index contributed by atoms with van der Waals surface area (Å²) in [5, 5.41) is 10.1. The summed E-state index contributed by atoms with van der Waals surface area (Å²) in [6.45, 7) is 4.32. The van der Waals surface area contributed by atoms with Crippen LogP contribution in [0.4, 0.5) is 0 Å². The van der Waals surface area contributed by atoms with E-state index >= 15 is 0 Å². The number of hydrogen-bond acceptors (Lipinski definition) is 2. The van der Waals surface area contributed by atoms with E-state index in [0.717, 1.165) is 12.2 Å². The van der Waals surface area contributed by atoms with Gasteiger partial charge in [0.2, 0.25) is 0 Å². The van der Waals surface area contributed by atoms with Crippen molar-refractivity contribution in [3.63, 3.8) is 0 Å². The van der Waals surface area contributed by atoms with Crippen molar-refractivity contribution in [2.24, 2.45) is 11.3 Å². The third-order valence-electron chi connectivity index (χ3n) is 4.54. The summed E-state index contributed by atoms with van der Waals surface area (Å²) in [5.41, 5.74) is 2.79. The average molecular weight is 218 g/mol. The molecule has 1 N–H and O–H groups in total. The van der Waals surface area contributed by atoms with Crippen molar-refractivity contribution in [1.82, 2.24) is 0 Å². The van der Waals surface area contributed by atoms with Gasteiger partial charge in [-0.25, -0.2) is 0 Å². The number of aliphatic hydroxyl groups is 1. The lowest BCUT2D eigenvalue weighted by atomic mass is 9.53. The molecule has 2 nitrogen and oxygen atoms in total. The third kappa shape index (κ3) is 1.06. The number of ether oxygens (including phenoxy) is 1. The summed E-state index contributed by atoms with van der Waals surface area (Å²) < 4.78 is 5.28. The molecule has 1 aromatic rings. The zero-order chi connectivity index (χ0) is 11.5. The van der Waals surface area contributed by atoms with Gasteiger partial charge in [-0.2, -0.15) is 0 Å². The number of rotatable bonds is 1. The van der Waals surface area contributed by atoms with Crippen LogP contribution in [-0.2, 0) is 6.42 Å². The van der Waals surface area contributed by atoms with E-state index in [2.05, 4.69) is 26.0 Å². The van der Waals surface area contributed by atoms with Gasteiger partial charge in [-0.05, 0) is 46.9 Å². The maximum Gasteiger partial charge on any atom is 0.119 e. The predicted octanol–water partition coefficient (Wildman–Crippen LogP) is 2.35. The van der Waals surface area contributed by atoms with E-state index in [4.69, 9.17) is 4.74 Å². The van der Waals surface area contributed by atoms with E-state index in [1.54, 1.807) is 7.11 Å². The van der Waals surface area contributed by atoms with Crippen LogP contribution in [0, 0.1) is 11.3 Å². The molecule has 3 rings (SSSR count). The molecule has 0 amide bonds. The van der Waals surface area contributed by atoms with Crippen LogP contribution < -0.4 is 4.74 Å². The third-order valence-corrected chi connectivity index (χ3v) is 4.54. The second-order valence-corrected chi connectivity index (χ2v) is 5.68. The van der Waals surface area contributed by atoms with Crippen LogP contribution in [0.25, 0.3) is 0 Å². The molecular weight excluding hydrogens is 200 g/mol. The molecule has 0 aliphatic heterocycles. The van der Waals surface area contributed by atoms with E-state index in [1.807, 2.05) is 6.07 Å². The van der Waals surface area contributed by atoms with Gasteiger partial charge in [0.1, 0.15) is 5.75 Å². The molecule has 16 heavy (non-hydrogen) atoms. The van der Waals surface area contributed by atoms with Crippen LogP contribution in [0.3, 0.4) is 0 Å². The summed E-state index contributed by atoms with van der Waals surface area (Å²) in [6.07, 6.45) is 0.866. The normalized spacial score (nSPS) is 33.9. The molecule has 0 radical (unpaired) electrons. The molecule has 2 aliphatic rings. The summed E-state index contributed by atoms with van der Waals surface area (Å²) in [5.74, 6) is 1.86. The second-order valence-electron chi connectivity index (χ2n) is 5.68. The summed E-state index contributed by atoms with van der Waals surface area (Å²) in [4.78, 5) is 0. The van der Waals surface area contributed by atoms with Crippen LogP contribution >= 0.6 is 0 Å². The standard InChI is InChI=1S/C14H18O2/c1-14(2)12-10-7-9(16-3)5-4-8(10)6-11(12)13(14)15/h4-5,7,11-13,15H,6H2,1-3H3. The molecule has 3 atom stereocenters. The van der Waals surface area contributed by atoms with Crippen molar-refractivity contribution in [3.05, 3.63) is 29.3 Å². The highest BCUT2D eigenvalue weighted by Gasteiger charge is 2.59. The Morgan fingerprint density at radius 1 is 1.38 bits per heavy atom. The number of methoxy groups -OCH3 is 1. The first-order chi connectivity index (χ1) is 7.55. The quantitative estimate of drug-likeness (QED) is 0.784. The fraction of sp³-hybridized carbons (Fsp3) is 0.571. The van der Waals surface area contributed by atoms with Crippen LogP contribution in [0.15, 0.2) is 18.2 Å². The van der Waals surface area contributed by atoms with Crippen molar-refractivity contribution in [1.29, 1.82) is 0 Å². The minimum atomic E-state index is -0.157. The van der Waals surface area contributed by atoms with Gasteiger partial charge in [-0.15, -0.1) is 0 Å². The van der Waals surface area contributed by atoms with E-state index in [1.165, 1.54) is 11.1 Å². The lowest BCUT2D eigenvalue weighted by molar-refractivity contribution is -0.115. The zero-order valence-electron chi connectivity index (χ0n) is 10.0. The Bertz CT molecular complexity index is 436. The van der Waals surface area contributed by atoms with E-state index in [0.29, 0.717) is 11.8 Å². The molecule has 1 saturated carbocycles. The number of benzene rings is 1. The topological polar surface area (TPSA) is 29.5 Å². The van der Waals surface area contributed by atoms with Gasteiger partial charge >= 0.3 is 0 Å². The van der Waals surface area contributed by atoms with Crippen LogP contribution in [0.5, 0.6) is 5.75 Å². The minimum absolute atomic E-state index is 0.0162. The van der Waals surface area contributed by atoms with Gasteiger partial charge in [-0.3, -0.25) is 0 Å². The van der Waals surface area contributed by atoms with Crippen LogP contribution in [0.2, 0.25) is 0 Å². The molecular formula is C14H18O2. The maximum absolute atomic E-state index is 10.1. The SMILES string of the molecule is COc1ccc2c(c1)C1C(C2)C(O)C1(C)C. The van der Waals surface area contributed by atoms with E-state index in [9.17, 15) is 5.11 Å². The molecule has 2 heteroatoms. The van der Waals surface area contributed by atoms with Gasteiger partial charge in [0, 0.05) is 0 Å². The molecule has 0 spiro atoms. The smallest absolute Gasteiger partial charge is 0.119 e. The summed E-state index contributed by atoms with van der Waals surface area (Å²) >= 11 is 0. The highest BCUT2D eigenvalue weighted by Crippen LogP contribution is 2.62. The molecule has 0 saturated heterocycles. The van der Waals surface area contributed by atoms with Crippen molar-refractivity contribution in [2.45, 2.75) is 32.3 Å². The molecule has 0 bridgehead atoms. The molecule has 2 aliphatic carbocycles. The number of hydrogen-bond donors (Lipinski definition) is 1. The Balaban J connectivity index is 2.05. The maximum atomic E-state index is 10.1. The summed E-state index contributed by atoms with van der Waals surface area (Å²) in [6, 6.07) is 6.31. The minimum Gasteiger partial charge on any atom is -0.497 e. The average Bonchev–Trinajstić information content (AvgIpc) is 2.64. The molecule has 1 aromatic carbocycles. The first-order valence-corrected chi connectivity index (χ1v) is 5.90. The first kappa shape index (κ1) is 10.2. The first-order valence-electron chi connectivity index (χ1n) is 5.90. The second kappa shape index (κ2) is 3.01. The fourth-order valence-corrected chi connectivity index (χ4v) is 3.64. The van der Waals surface area contributed by atoms with Gasteiger partial charge in [0.05, 0.1) is 13.2 Å². The van der Waals surface area contributed by atoms with Gasteiger partial charge < -0.3 is 9.84 Å². The van der Waals surface area contributed by atoms with Crippen molar-refractivity contribution in [2.75, 3.05) is 7.11 Å². The number of fused-ring (bicyclic) bond motifs is 3. The predicted molar refractivity (Wildman–Crippen MR) is 62.7 cm³/mol. The van der Waals surface area contributed by atoms with Gasteiger partial charge in [-0.1, -0.05) is 19.9 Å². The lowest BCUT2D eigenvalue weighted by Crippen LogP contribution is -2.54. The van der Waals surface area contributed by atoms with Crippen molar-refractivity contribution in [3.8, 4) is 5.75 Å². The van der Waals surface area contributed by atoms with E-state index < -0.39 is 0 Å². The molecule has 0 heterocycles. The summed E-state index contributed by atoms with van der Waals surface area (Å²) in [7, 11) is 1.70. The Morgan fingerprint density at radius 2 is 2.12 bits per heavy atom. The van der Waals surface area contributed by atoms with Crippen molar-refractivity contribution >= 4 is 0 Å². The number of aliphatic hydroxyl groups excluding tert-OH is 1. The Hall–Kier alpha value is -1.02. The fourth-order valence-electron chi connectivity index (χ4n) is 3.64. The lowest BCUT2D eigenvalue weighted by Gasteiger charge is -2.53. The highest BCUT2D eigenvalue weighted by atomic mass is 16.5. The Morgan fingerprint density at radius 3 is 2.81 bits per heavy atom. The molecule has 0 aromatic heterocycles. The Labute approximate surface area is 96.2 Å². The zero-order valence-corrected chi connectivity index (χ0v) is 10.0. The molecule has 86 valence electrons. The monoisotopic (exact) mass is 218 g/mol. The molecule has 3 unspecified atom stereocenters. The van der Waals surface area contributed by atoms with Crippen LogP contribution in [0.1, 0.15) is 30.9 Å². The van der Waals surface area contributed by atoms with Gasteiger partial charge in [0.25, 0.3) is 0 Å². The highest BCUT2D eigenvalue weighted by molar-refractivity contribution is 5.46. The Kier molecular flexibility index (Phi) is 1.91. The van der Waals surface area contributed by atoms with Crippen LogP contribution in [-0.4, -0.2) is 18.3 Å². The largest absolute Gasteiger partial charge is 0.497 e. The van der Waals surface area contributed by atoms with E-state index in [-0.39, 0.29) is 11.5 Å². The van der Waals surface area contributed by atoms with Gasteiger partial charge in [0.15, 0.2) is 0 Å². The molecule has 1 fully saturated rings. The van der Waals surface area contributed by atoms with Crippen molar-refractivity contribution < 1.29 is 9.84 Å².